The Morgan fingerprint density at radius 2 is 1.75 bits per heavy atom. The molecule has 1 aliphatic heterocycles. The van der Waals surface area contributed by atoms with E-state index in [1.807, 2.05) is 24.8 Å². The lowest BCUT2D eigenvalue weighted by atomic mass is 9.89. The Morgan fingerprint density at radius 3 is 2.34 bits per heavy atom. The van der Waals surface area contributed by atoms with Crippen molar-refractivity contribution in [1.29, 1.82) is 0 Å². The second kappa shape index (κ2) is 13.8. The first-order valence-corrected chi connectivity index (χ1v) is 14.8. The zero-order chi connectivity index (χ0) is 32.3. The van der Waals surface area contributed by atoms with Crippen molar-refractivity contribution in [2.24, 2.45) is 5.92 Å². The van der Waals surface area contributed by atoms with Gasteiger partial charge in [-0.3, -0.25) is 19.1 Å². The Hall–Kier alpha value is -3.99. The van der Waals surface area contributed by atoms with Crippen molar-refractivity contribution < 1.29 is 27.9 Å². The number of carboxylic acids is 1. The van der Waals surface area contributed by atoms with Crippen LogP contribution in [0.15, 0.2) is 41.5 Å². The fourth-order valence-corrected chi connectivity index (χ4v) is 5.79. The number of alkyl halides is 1. The van der Waals surface area contributed by atoms with Gasteiger partial charge in [0.1, 0.15) is 23.8 Å². The zero-order valence-electron chi connectivity index (χ0n) is 25.7. The maximum atomic E-state index is 16.3. The fraction of sp³-hybridized carbons (Fsp3) is 0.455. The highest BCUT2D eigenvalue weighted by Crippen LogP contribution is 2.37. The predicted molar refractivity (Wildman–Crippen MR) is 161 cm³/mol. The maximum Gasteiger partial charge on any atom is 0.348 e. The van der Waals surface area contributed by atoms with Gasteiger partial charge in [0.25, 0.3) is 0 Å². The molecule has 0 aliphatic carbocycles. The van der Waals surface area contributed by atoms with E-state index in [2.05, 4.69) is 10.3 Å². The fourth-order valence-electron chi connectivity index (χ4n) is 5.79. The topological polar surface area (TPSA) is 105 Å². The molecule has 236 valence electrons. The smallest absolute Gasteiger partial charge is 0.348 e. The van der Waals surface area contributed by atoms with E-state index >= 15 is 8.78 Å². The number of nitrogens with one attached hydrogen (secondary N) is 1. The number of aryl methyl sites for hydroxylation is 3. The molecule has 1 saturated heterocycles. The van der Waals surface area contributed by atoms with E-state index < -0.39 is 59.4 Å². The van der Waals surface area contributed by atoms with Crippen molar-refractivity contribution in [3.05, 3.63) is 86.6 Å². The molecular formula is C33H39F3N4O4. The number of carbonyl (C=O) groups excluding carboxylic acids is 1. The van der Waals surface area contributed by atoms with Gasteiger partial charge in [0.05, 0.1) is 12.5 Å². The van der Waals surface area contributed by atoms with Gasteiger partial charge in [0.2, 0.25) is 5.91 Å². The van der Waals surface area contributed by atoms with Crippen molar-refractivity contribution in [1.82, 2.24) is 19.8 Å². The molecule has 1 aliphatic rings. The SMILES string of the molecule is Cc1cc(-c2c(C)cccc2C)c(F)c([C@H](CC(=O)O)NC(=O)[C@H](CC(C)C)n2cc(CCN3CC(F)C3)cnc2=O)c1F. The van der Waals surface area contributed by atoms with E-state index in [1.165, 1.54) is 30.0 Å². The normalized spacial score (nSPS) is 15.2. The van der Waals surface area contributed by atoms with Crippen molar-refractivity contribution in [2.45, 2.75) is 72.1 Å². The molecule has 4 rings (SSSR count). The highest BCUT2D eigenvalue weighted by atomic mass is 19.1. The molecule has 11 heteroatoms. The molecule has 2 atom stereocenters. The minimum absolute atomic E-state index is 0.0788. The first kappa shape index (κ1) is 32.9. The third-order valence-corrected chi connectivity index (χ3v) is 8.04. The van der Waals surface area contributed by atoms with Gasteiger partial charge in [-0.1, -0.05) is 32.0 Å². The summed E-state index contributed by atoms with van der Waals surface area (Å²) in [7, 11) is 0. The summed E-state index contributed by atoms with van der Waals surface area (Å²) in [6.07, 6.45) is 1.95. The molecule has 0 spiro atoms. The predicted octanol–water partition coefficient (Wildman–Crippen LogP) is 5.23. The molecule has 8 nitrogen and oxygen atoms in total. The summed E-state index contributed by atoms with van der Waals surface area (Å²) >= 11 is 0. The van der Waals surface area contributed by atoms with Gasteiger partial charge in [-0.25, -0.2) is 22.9 Å². The number of amides is 1. The van der Waals surface area contributed by atoms with E-state index in [-0.39, 0.29) is 23.5 Å². The molecule has 1 fully saturated rings. The summed E-state index contributed by atoms with van der Waals surface area (Å²) in [6, 6.07) is 4.11. The highest BCUT2D eigenvalue weighted by molar-refractivity contribution is 5.82. The highest BCUT2D eigenvalue weighted by Gasteiger charge is 2.32. The summed E-state index contributed by atoms with van der Waals surface area (Å²) in [6.45, 7) is 10.00. The largest absolute Gasteiger partial charge is 0.481 e. The van der Waals surface area contributed by atoms with Crippen molar-refractivity contribution in [2.75, 3.05) is 19.6 Å². The molecule has 3 aromatic rings. The molecule has 0 saturated carbocycles. The van der Waals surface area contributed by atoms with Crippen LogP contribution in [0.4, 0.5) is 13.2 Å². The van der Waals surface area contributed by atoms with Gasteiger partial charge in [0, 0.05) is 43.2 Å². The van der Waals surface area contributed by atoms with Crippen LogP contribution in [0.1, 0.15) is 66.6 Å². The third kappa shape index (κ3) is 7.38. The number of nitrogens with zero attached hydrogens (tertiary/aromatic N) is 3. The average Bonchev–Trinajstić information content (AvgIpc) is 2.92. The molecule has 2 heterocycles. The monoisotopic (exact) mass is 612 g/mol. The van der Waals surface area contributed by atoms with Crippen molar-refractivity contribution in [3.63, 3.8) is 0 Å². The number of hydrogen-bond acceptors (Lipinski definition) is 5. The maximum absolute atomic E-state index is 16.3. The average molecular weight is 613 g/mol. The number of benzene rings is 2. The van der Waals surface area contributed by atoms with Crippen LogP contribution in [0, 0.1) is 38.3 Å². The molecule has 2 N–H and O–H groups in total. The number of hydrogen-bond donors (Lipinski definition) is 2. The number of likely N-dealkylation sites (tertiary alicyclic amines) is 1. The Balaban J connectivity index is 1.72. The quantitative estimate of drug-likeness (QED) is 0.290. The van der Waals surface area contributed by atoms with E-state index in [0.29, 0.717) is 37.2 Å². The lowest BCUT2D eigenvalue weighted by Gasteiger charge is -2.34. The third-order valence-electron chi connectivity index (χ3n) is 8.04. The Morgan fingerprint density at radius 1 is 1.09 bits per heavy atom. The lowest BCUT2D eigenvalue weighted by Crippen LogP contribution is -2.49. The Kier molecular flexibility index (Phi) is 10.3. The summed E-state index contributed by atoms with van der Waals surface area (Å²) in [5, 5.41) is 12.3. The summed E-state index contributed by atoms with van der Waals surface area (Å²) < 4.78 is 46.4. The van der Waals surface area contributed by atoms with Crippen LogP contribution >= 0.6 is 0 Å². The van der Waals surface area contributed by atoms with Crippen LogP contribution in [-0.2, 0) is 16.0 Å². The molecule has 2 aromatic carbocycles. The van der Waals surface area contributed by atoms with E-state index in [4.69, 9.17) is 0 Å². The molecule has 1 amide bonds. The minimum Gasteiger partial charge on any atom is -0.481 e. The van der Waals surface area contributed by atoms with Crippen LogP contribution in [0.5, 0.6) is 0 Å². The molecule has 0 unspecified atom stereocenters. The van der Waals surface area contributed by atoms with Crippen molar-refractivity contribution >= 4 is 11.9 Å². The van der Waals surface area contributed by atoms with Gasteiger partial charge in [-0.15, -0.1) is 0 Å². The summed E-state index contributed by atoms with van der Waals surface area (Å²) in [4.78, 5) is 44.5. The first-order chi connectivity index (χ1) is 20.8. The van der Waals surface area contributed by atoms with Crippen LogP contribution in [-0.4, -0.2) is 57.2 Å². The zero-order valence-corrected chi connectivity index (χ0v) is 25.7. The van der Waals surface area contributed by atoms with Gasteiger partial charge in [-0.05, 0) is 73.4 Å². The van der Waals surface area contributed by atoms with Crippen LogP contribution in [0.2, 0.25) is 0 Å². The van der Waals surface area contributed by atoms with Gasteiger partial charge in [0.15, 0.2) is 0 Å². The second-order valence-corrected chi connectivity index (χ2v) is 12.1. The molecule has 0 radical (unpaired) electrons. The van der Waals surface area contributed by atoms with E-state index in [9.17, 15) is 23.9 Å². The Bertz CT molecular complexity index is 1580. The Labute approximate surface area is 254 Å². The number of rotatable bonds is 12. The number of carbonyl (C=O) groups is 2. The molecule has 1 aromatic heterocycles. The van der Waals surface area contributed by atoms with Gasteiger partial charge >= 0.3 is 11.7 Å². The first-order valence-electron chi connectivity index (χ1n) is 14.8. The van der Waals surface area contributed by atoms with Gasteiger partial charge in [-0.2, -0.15) is 0 Å². The summed E-state index contributed by atoms with van der Waals surface area (Å²) in [5.74, 6) is -4.12. The number of carboxylic acid groups (broad SMARTS) is 1. The number of aromatic nitrogens is 2. The van der Waals surface area contributed by atoms with Gasteiger partial charge < -0.3 is 10.4 Å². The van der Waals surface area contributed by atoms with Crippen LogP contribution in [0.25, 0.3) is 11.1 Å². The molecule has 0 bridgehead atoms. The number of aliphatic carboxylic acids is 1. The van der Waals surface area contributed by atoms with Crippen LogP contribution in [0.3, 0.4) is 0 Å². The standard InChI is InChI=1S/C33H39F3N4O4/c1-18(2)11-26(40-15-22(14-37-33(40)44)9-10-39-16-23(34)17-39)32(43)38-25(13-27(41)42)29-30(35)21(5)12-24(31(29)36)28-19(3)7-6-8-20(28)4/h6-8,12,14-15,18,23,25-26H,9-11,13,16-17H2,1-5H3,(H,38,43)(H,41,42)/t25-,26-/m0/s1. The second-order valence-electron chi connectivity index (χ2n) is 12.1. The van der Waals surface area contributed by atoms with E-state index in [1.54, 1.807) is 26.0 Å². The van der Waals surface area contributed by atoms with E-state index in [0.717, 1.165) is 11.1 Å². The summed E-state index contributed by atoms with van der Waals surface area (Å²) in [5.41, 5.74) is 1.67. The molecule has 44 heavy (non-hydrogen) atoms. The number of halogens is 3. The lowest BCUT2D eigenvalue weighted by molar-refractivity contribution is -0.138. The molecular weight excluding hydrogens is 573 g/mol. The van der Waals surface area contributed by atoms with Crippen LogP contribution < -0.4 is 11.0 Å². The minimum atomic E-state index is -1.57. The van der Waals surface area contributed by atoms with Crippen molar-refractivity contribution in [3.8, 4) is 11.1 Å².